The van der Waals surface area contributed by atoms with Gasteiger partial charge in [-0.3, -0.25) is 0 Å². The normalized spacial score (nSPS) is 22.3. The van der Waals surface area contributed by atoms with Crippen LogP contribution in [0.2, 0.25) is 5.02 Å². The van der Waals surface area contributed by atoms with Crippen molar-refractivity contribution < 1.29 is 13.9 Å². The average Bonchev–Trinajstić information content (AvgIpc) is 3.02. The SMILES string of the molecule is CC(C)(C)c1nc2c(nnn2Cc2ccccc2Cl)c([C@]2(O)C[C@H](C(F)F)C2)n1. The zero-order chi connectivity index (χ0) is 21.0. The zero-order valence-corrected chi connectivity index (χ0v) is 17.2. The summed E-state index contributed by atoms with van der Waals surface area (Å²) < 4.78 is 27.6. The standard InChI is InChI=1S/C20H22ClF2N5O/c1-19(2,3)18-24-15(20(29)8-12(9-20)16(22)23)14-17(25-18)28(27-26-14)10-11-6-4-5-7-13(11)21/h4-7,12,16,29H,8-10H2,1-3H3/t12-,20-. The molecule has 154 valence electrons. The molecule has 0 spiro atoms. The van der Waals surface area contributed by atoms with Crippen LogP contribution >= 0.6 is 11.6 Å². The second kappa shape index (κ2) is 6.95. The summed E-state index contributed by atoms with van der Waals surface area (Å²) in [7, 11) is 0. The minimum absolute atomic E-state index is 0.0578. The van der Waals surface area contributed by atoms with E-state index in [1.807, 2.05) is 39.0 Å². The van der Waals surface area contributed by atoms with Crippen LogP contribution in [0.3, 0.4) is 0 Å². The Kier molecular flexibility index (Phi) is 4.82. The minimum Gasteiger partial charge on any atom is -0.383 e. The van der Waals surface area contributed by atoms with Crippen LogP contribution in [-0.4, -0.2) is 36.5 Å². The van der Waals surface area contributed by atoms with E-state index in [9.17, 15) is 13.9 Å². The number of alkyl halides is 2. The monoisotopic (exact) mass is 421 g/mol. The smallest absolute Gasteiger partial charge is 0.241 e. The molecule has 2 aromatic heterocycles. The Bertz CT molecular complexity index is 1060. The van der Waals surface area contributed by atoms with Gasteiger partial charge in [-0.25, -0.2) is 23.4 Å². The number of benzene rings is 1. The molecule has 0 unspecified atom stereocenters. The average molecular weight is 422 g/mol. The van der Waals surface area contributed by atoms with Crippen LogP contribution in [0.4, 0.5) is 8.78 Å². The van der Waals surface area contributed by atoms with Gasteiger partial charge in [0.25, 0.3) is 0 Å². The molecular weight excluding hydrogens is 400 g/mol. The van der Waals surface area contributed by atoms with Crippen molar-refractivity contribution in [3.05, 3.63) is 46.4 Å². The lowest BCUT2D eigenvalue weighted by molar-refractivity contribution is -0.128. The number of hydrogen-bond acceptors (Lipinski definition) is 5. The Morgan fingerprint density at radius 1 is 1.24 bits per heavy atom. The van der Waals surface area contributed by atoms with E-state index in [2.05, 4.69) is 20.3 Å². The second-order valence-corrected chi connectivity index (χ2v) is 9.10. The Hall–Kier alpha value is -2.19. The molecule has 29 heavy (non-hydrogen) atoms. The summed E-state index contributed by atoms with van der Waals surface area (Å²) in [6.07, 6.45) is -2.58. The van der Waals surface area contributed by atoms with Crippen molar-refractivity contribution in [2.75, 3.05) is 0 Å². The third-order valence-electron chi connectivity index (χ3n) is 5.31. The van der Waals surface area contributed by atoms with Crippen molar-refractivity contribution in [1.29, 1.82) is 0 Å². The van der Waals surface area contributed by atoms with Crippen molar-refractivity contribution in [2.45, 2.75) is 57.6 Å². The molecule has 1 aromatic carbocycles. The maximum atomic E-state index is 13.0. The summed E-state index contributed by atoms with van der Waals surface area (Å²) in [5.41, 5.74) is 0.0420. The fourth-order valence-electron chi connectivity index (χ4n) is 3.59. The molecule has 0 atom stereocenters. The summed E-state index contributed by atoms with van der Waals surface area (Å²) in [5.74, 6) is -0.349. The Balaban J connectivity index is 1.82. The highest BCUT2D eigenvalue weighted by molar-refractivity contribution is 6.31. The molecule has 2 heterocycles. The Labute approximate surface area is 171 Å². The molecule has 6 nitrogen and oxygen atoms in total. The summed E-state index contributed by atoms with van der Waals surface area (Å²) in [4.78, 5) is 9.19. The fourth-order valence-corrected chi connectivity index (χ4v) is 3.79. The lowest BCUT2D eigenvalue weighted by Crippen LogP contribution is -2.45. The molecule has 1 saturated carbocycles. The minimum atomic E-state index is -2.47. The van der Waals surface area contributed by atoms with E-state index in [-0.39, 0.29) is 18.5 Å². The van der Waals surface area contributed by atoms with E-state index < -0.39 is 23.4 Å². The topological polar surface area (TPSA) is 76.7 Å². The van der Waals surface area contributed by atoms with Crippen molar-refractivity contribution in [3.8, 4) is 0 Å². The summed E-state index contributed by atoms with van der Waals surface area (Å²) in [5, 5.41) is 20.0. The van der Waals surface area contributed by atoms with Crippen LogP contribution in [0, 0.1) is 5.92 Å². The zero-order valence-electron chi connectivity index (χ0n) is 16.4. The molecule has 4 rings (SSSR count). The predicted molar refractivity (Wildman–Crippen MR) is 105 cm³/mol. The molecule has 1 aliphatic rings. The lowest BCUT2D eigenvalue weighted by Gasteiger charge is -2.42. The molecule has 0 aliphatic heterocycles. The number of aromatic nitrogens is 5. The van der Waals surface area contributed by atoms with Gasteiger partial charge in [-0.05, 0) is 24.5 Å². The fraction of sp³-hybridized carbons (Fsp3) is 0.500. The quantitative estimate of drug-likeness (QED) is 0.686. The molecule has 1 aliphatic carbocycles. The van der Waals surface area contributed by atoms with Gasteiger partial charge in [0.15, 0.2) is 11.2 Å². The van der Waals surface area contributed by atoms with Gasteiger partial charge >= 0.3 is 0 Å². The van der Waals surface area contributed by atoms with Gasteiger partial charge in [0.1, 0.15) is 17.1 Å². The first-order chi connectivity index (χ1) is 13.6. The van der Waals surface area contributed by atoms with Gasteiger partial charge in [0.05, 0.1) is 6.54 Å². The molecule has 1 fully saturated rings. The van der Waals surface area contributed by atoms with Crippen LogP contribution in [0.25, 0.3) is 11.2 Å². The predicted octanol–water partition coefficient (Wildman–Crippen LogP) is 4.08. The van der Waals surface area contributed by atoms with Crippen molar-refractivity contribution in [2.24, 2.45) is 5.92 Å². The lowest BCUT2D eigenvalue weighted by atomic mass is 9.69. The maximum absolute atomic E-state index is 13.0. The molecule has 1 N–H and O–H groups in total. The molecule has 3 aromatic rings. The van der Waals surface area contributed by atoms with Crippen molar-refractivity contribution in [3.63, 3.8) is 0 Å². The number of halogens is 3. The van der Waals surface area contributed by atoms with Crippen LogP contribution < -0.4 is 0 Å². The number of hydrogen-bond donors (Lipinski definition) is 1. The van der Waals surface area contributed by atoms with Gasteiger partial charge in [0.2, 0.25) is 6.43 Å². The highest BCUT2D eigenvalue weighted by atomic mass is 35.5. The van der Waals surface area contributed by atoms with Crippen molar-refractivity contribution >= 4 is 22.8 Å². The maximum Gasteiger partial charge on any atom is 0.241 e. The first-order valence-electron chi connectivity index (χ1n) is 9.44. The van der Waals surface area contributed by atoms with E-state index in [1.165, 1.54) is 0 Å². The van der Waals surface area contributed by atoms with Crippen molar-refractivity contribution in [1.82, 2.24) is 25.0 Å². The molecule has 0 radical (unpaired) electrons. The van der Waals surface area contributed by atoms with Crippen LogP contribution in [0.1, 0.15) is 50.7 Å². The summed E-state index contributed by atoms with van der Waals surface area (Å²) in [6.45, 7) is 6.20. The van der Waals surface area contributed by atoms with Gasteiger partial charge in [-0.2, -0.15) is 0 Å². The van der Waals surface area contributed by atoms with E-state index in [1.54, 1.807) is 10.7 Å². The van der Waals surface area contributed by atoms with Crippen LogP contribution in [0.5, 0.6) is 0 Å². The molecule has 9 heteroatoms. The van der Waals surface area contributed by atoms with Gasteiger partial charge in [-0.15, -0.1) is 5.10 Å². The Morgan fingerprint density at radius 2 is 1.93 bits per heavy atom. The van der Waals surface area contributed by atoms with Crippen LogP contribution in [-0.2, 0) is 17.6 Å². The molecule has 0 saturated heterocycles. The third-order valence-corrected chi connectivity index (χ3v) is 5.68. The van der Waals surface area contributed by atoms with Gasteiger partial charge in [0, 0.05) is 16.4 Å². The third kappa shape index (κ3) is 3.59. The van der Waals surface area contributed by atoms with E-state index in [0.717, 1.165) is 5.56 Å². The van der Waals surface area contributed by atoms with E-state index in [0.29, 0.717) is 28.6 Å². The largest absolute Gasteiger partial charge is 0.383 e. The molecule has 0 amide bonds. The van der Waals surface area contributed by atoms with Gasteiger partial charge in [-0.1, -0.05) is 55.8 Å². The first-order valence-corrected chi connectivity index (χ1v) is 9.82. The summed E-state index contributed by atoms with van der Waals surface area (Å²) in [6, 6.07) is 7.39. The summed E-state index contributed by atoms with van der Waals surface area (Å²) >= 11 is 6.27. The molecular formula is C20H22ClF2N5O. The number of fused-ring (bicyclic) bond motifs is 1. The first kappa shape index (κ1) is 20.1. The van der Waals surface area contributed by atoms with Crippen LogP contribution in [0.15, 0.2) is 24.3 Å². The number of rotatable bonds is 4. The number of aliphatic hydroxyl groups is 1. The second-order valence-electron chi connectivity index (χ2n) is 8.69. The Morgan fingerprint density at radius 3 is 2.55 bits per heavy atom. The highest BCUT2D eigenvalue weighted by Gasteiger charge is 2.50. The number of nitrogens with zero attached hydrogens (tertiary/aromatic N) is 5. The highest BCUT2D eigenvalue weighted by Crippen LogP contribution is 2.49. The molecule has 0 bridgehead atoms. The van der Waals surface area contributed by atoms with E-state index >= 15 is 0 Å². The van der Waals surface area contributed by atoms with Gasteiger partial charge < -0.3 is 5.11 Å². The van der Waals surface area contributed by atoms with E-state index in [4.69, 9.17) is 11.6 Å².